The Morgan fingerprint density at radius 3 is 2.46 bits per heavy atom. The summed E-state index contributed by atoms with van der Waals surface area (Å²) in [5.74, 6) is 1.70. The van der Waals surface area contributed by atoms with E-state index in [4.69, 9.17) is 4.98 Å². The maximum atomic E-state index is 4.97. The smallest absolute Gasteiger partial charge is 0.149 e. The topological polar surface area (TPSA) is 66.6 Å². The molecule has 1 heterocycles. The van der Waals surface area contributed by atoms with Gasteiger partial charge in [0.1, 0.15) is 11.7 Å². The van der Waals surface area contributed by atoms with Crippen LogP contribution in [0.2, 0.25) is 0 Å². The lowest BCUT2D eigenvalue weighted by atomic mass is 9.98. The van der Waals surface area contributed by atoms with E-state index in [-0.39, 0.29) is 0 Å². The quantitative estimate of drug-likeness (QED) is 0.135. The van der Waals surface area contributed by atoms with Crippen LogP contribution in [0.3, 0.4) is 0 Å². The minimum atomic E-state index is 0.669. The summed E-state index contributed by atoms with van der Waals surface area (Å²) < 4.78 is 2.25. The minimum absolute atomic E-state index is 0.669. The van der Waals surface area contributed by atoms with E-state index in [0.717, 1.165) is 71.1 Å². The predicted molar refractivity (Wildman–Crippen MR) is 165 cm³/mol. The number of nitrogens with one attached hydrogen (secondary N) is 2. The number of nitrogens with zero attached hydrogens (tertiary/aromatic N) is 4. The van der Waals surface area contributed by atoms with Crippen molar-refractivity contribution in [3.05, 3.63) is 113 Å². The highest BCUT2D eigenvalue weighted by Gasteiger charge is 2.19. The van der Waals surface area contributed by atoms with Gasteiger partial charge in [-0.25, -0.2) is 4.98 Å². The summed E-state index contributed by atoms with van der Waals surface area (Å²) in [7, 11) is 1.75. The van der Waals surface area contributed by atoms with Crippen LogP contribution >= 0.6 is 0 Å². The van der Waals surface area contributed by atoms with E-state index in [9.17, 15) is 0 Å². The molecule has 0 fully saturated rings. The van der Waals surface area contributed by atoms with Crippen molar-refractivity contribution >= 4 is 18.3 Å². The van der Waals surface area contributed by atoms with Crippen LogP contribution in [0.1, 0.15) is 47.2 Å². The second-order valence-electron chi connectivity index (χ2n) is 9.63. The third-order valence-corrected chi connectivity index (χ3v) is 6.76. The summed E-state index contributed by atoms with van der Waals surface area (Å²) in [5.41, 5.74) is 12.5. The van der Waals surface area contributed by atoms with Crippen LogP contribution in [0.15, 0.2) is 89.5 Å². The van der Waals surface area contributed by atoms with Gasteiger partial charge in [0.25, 0.3) is 0 Å². The SMILES string of the molecule is C=NNC(=NC)c1ccccc1-c1cccc(-n2c(CCC)nc(C)c2C(=C)NCCc2ccc(C)cc2)c1. The second kappa shape index (κ2) is 12.9. The fourth-order valence-electron chi connectivity index (χ4n) is 4.87. The van der Waals surface area contributed by atoms with Gasteiger partial charge >= 0.3 is 0 Å². The first-order chi connectivity index (χ1) is 19.0. The number of aliphatic imine (C=N–C) groups is 1. The molecule has 1 aromatic heterocycles. The van der Waals surface area contributed by atoms with Crippen LogP contribution in [0.5, 0.6) is 0 Å². The van der Waals surface area contributed by atoms with Gasteiger partial charge in [0.15, 0.2) is 0 Å². The van der Waals surface area contributed by atoms with Gasteiger partial charge in [-0.05, 0) is 55.5 Å². The molecule has 0 amide bonds. The number of imidazole rings is 1. The van der Waals surface area contributed by atoms with Crippen LogP contribution in [0.4, 0.5) is 0 Å². The molecule has 6 nitrogen and oxygen atoms in total. The zero-order valence-corrected chi connectivity index (χ0v) is 23.5. The molecule has 0 radical (unpaired) electrons. The summed E-state index contributed by atoms with van der Waals surface area (Å²) in [4.78, 5) is 9.36. The van der Waals surface area contributed by atoms with Gasteiger partial charge in [0, 0.05) is 38.0 Å². The molecule has 4 rings (SSSR count). The highest BCUT2D eigenvalue weighted by molar-refractivity contribution is 6.04. The third-order valence-electron chi connectivity index (χ3n) is 6.76. The molecular formula is C33H38N6. The second-order valence-corrected chi connectivity index (χ2v) is 9.63. The van der Waals surface area contributed by atoms with Crippen molar-refractivity contribution in [2.24, 2.45) is 10.1 Å². The van der Waals surface area contributed by atoms with Gasteiger partial charge in [0.2, 0.25) is 0 Å². The fraction of sp³-hybridized carbons (Fsp3) is 0.242. The molecule has 0 unspecified atom stereocenters. The molecule has 0 saturated carbocycles. The van der Waals surface area contributed by atoms with Crippen molar-refractivity contribution in [2.45, 2.75) is 40.0 Å². The molecule has 3 aromatic carbocycles. The first-order valence-corrected chi connectivity index (χ1v) is 13.4. The average molecular weight is 519 g/mol. The van der Waals surface area contributed by atoms with Gasteiger partial charge in [-0.15, -0.1) is 0 Å². The van der Waals surface area contributed by atoms with E-state index in [2.05, 4.69) is 114 Å². The number of rotatable bonds is 11. The Morgan fingerprint density at radius 1 is 0.974 bits per heavy atom. The highest BCUT2D eigenvalue weighted by Crippen LogP contribution is 2.29. The van der Waals surface area contributed by atoms with Crippen molar-refractivity contribution in [2.75, 3.05) is 13.6 Å². The van der Waals surface area contributed by atoms with Gasteiger partial charge in [-0.1, -0.05) is 79.7 Å². The van der Waals surface area contributed by atoms with Gasteiger partial charge < -0.3 is 5.32 Å². The molecule has 0 spiro atoms. The van der Waals surface area contributed by atoms with Crippen LogP contribution in [-0.4, -0.2) is 35.7 Å². The van der Waals surface area contributed by atoms with E-state index in [1.165, 1.54) is 11.1 Å². The van der Waals surface area contributed by atoms with Gasteiger partial charge in [-0.3, -0.25) is 15.0 Å². The molecule has 0 aliphatic carbocycles. The number of hydrogen-bond donors (Lipinski definition) is 2. The normalized spacial score (nSPS) is 11.3. The van der Waals surface area contributed by atoms with E-state index in [0.29, 0.717) is 5.84 Å². The summed E-state index contributed by atoms with van der Waals surface area (Å²) in [6.45, 7) is 15.1. The minimum Gasteiger partial charge on any atom is -0.383 e. The Labute approximate surface area is 232 Å². The van der Waals surface area contributed by atoms with Crippen molar-refractivity contribution in [3.8, 4) is 16.8 Å². The molecule has 39 heavy (non-hydrogen) atoms. The molecule has 6 heteroatoms. The van der Waals surface area contributed by atoms with Crippen molar-refractivity contribution in [1.29, 1.82) is 0 Å². The summed E-state index contributed by atoms with van der Waals surface area (Å²) >= 11 is 0. The predicted octanol–water partition coefficient (Wildman–Crippen LogP) is 6.49. The number of amidine groups is 1. The summed E-state index contributed by atoms with van der Waals surface area (Å²) in [5, 5.41) is 7.40. The van der Waals surface area contributed by atoms with Gasteiger partial charge in [0.05, 0.1) is 17.1 Å². The Hall–Kier alpha value is -4.45. The maximum Gasteiger partial charge on any atom is 0.149 e. The molecule has 200 valence electrons. The lowest BCUT2D eigenvalue weighted by molar-refractivity contribution is 0.795. The molecule has 0 aliphatic heterocycles. The Kier molecular flexibility index (Phi) is 9.10. The monoisotopic (exact) mass is 518 g/mol. The molecule has 0 saturated heterocycles. The number of aryl methyl sites for hydroxylation is 3. The Balaban J connectivity index is 1.70. The Morgan fingerprint density at radius 2 is 1.74 bits per heavy atom. The van der Waals surface area contributed by atoms with E-state index in [1.807, 2.05) is 18.2 Å². The number of aromatic nitrogens is 2. The van der Waals surface area contributed by atoms with Crippen molar-refractivity contribution in [1.82, 2.24) is 20.3 Å². The van der Waals surface area contributed by atoms with Crippen LogP contribution in [0, 0.1) is 13.8 Å². The molecule has 0 atom stereocenters. The highest BCUT2D eigenvalue weighted by atomic mass is 15.3. The van der Waals surface area contributed by atoms with Crippen LogP contribution in [0.25, 0.3) is 22.5 Å². The first kappa shape index (κ1) is 27.6. The van der Waals surface area contributed by atoms with Crippen molar-refractivity contribution < 1.29 is 0 Å². The zero-order valence-electron chi connectivity index (χ0n) is 23.5. The van der Waals surface area contributed by atoms with E-state index < -0.39 is 0 Å². The number of hydrazone groups is 1. The zero-order chi connectivity index (χ0) is 27.8. The molecular weight excluding hydrogens is 480 g/mol. The summed E-state index contributed by atoms with van der Waals surface area (Å²) in [6, 6.07) is 25.4. The van der Waals surface area contributed by atoms with E-state index >= 15 is 0 Å². The molecule has 2 N–H and O–H groups in total. The van der Waals surface area contributed by atoms with E-state index in [1.54, 1.807) is 7.05 Å². The standard InChI is InChI=1S/C33H38N6/c1-7-11-31-37-25(4)32(24(3)36-21-20-26-18-16-23(2)17-19-26)39(31)28-13-10-12-27(22-28)29-14-8-9-15-30(29)33(34-5)38-35-6/h8-10,12-19,22,36H,3,6-7,11,20-21H2,1-2,4-5H3,(H,34,38). The fourth-order valence-corrected chi connectivity index (χ4v) is 4.87. The summed E-state index contributed by atoms with van der Waals surface area (Å²) in [6.07, 6.45) is 2.80. The molecule has 4 aromatic rings. The Bertz CT molecular complexity index is 1480. The average Bonchev–Trinajstić information content (AvgIpc) is 3.28. The van der Waals surface area contributed by atoms with Crippen LogP contribution < -0.4 is 10.7 Å². The number of benzene rings is 3. The third kappa shape index (κ3) is 6.34. The first-order valence-electron chi connectivity index (χ1n) is 13.4. The van der Waals surface area contributed by atoms with Gasteiger partial charge in [-0.2, -0.15) is 5.10 Å². The largest absolute Gasteiger partial charge is 0.383 e. The van der Waals surface area contributed by atoms with Crippen LogP contribution in [-0.2, 0) is 12.8 Å². The van der Waals surface area contributed by atoms with Crippen molar-refractivity contribution in [3.63, 3.8) is 0 Å². The molecule has 0 aliphatic rings. The lowest BCUT2D eigenvalue weighted by Crippen LogP contribution is -2.19. The maximum absolute atomic E-state index is 4.97. The lowest BCUT2D eigenvalue weighted by Gasteiger charge is -2.17. The molecule has 0 bridgehead atoms. The number of hydrogen-bond acceptors (Lipinski definition) is 4.